The minimum Gasteiger partial charge on any atom is -0.323 e. The van der Waals surface area contributed by atoms with Crippen molar-refractivity contribution in [2.24, 2.45) is 5.84 Å². The van der Waals surface area contributed by atoms with Gasteiger partial charge in [-0.2, -0.15) is 0 Å². The maximum Gasteiger partial charge on any atom is 0.259 e. The lowest BCUT2D eigenvalue weighted by Crippen LogP contribution is -2.18. The van der Waals surface area contributed by atoms with Crippen LogP contribution in [0.15, 0.2) is 36.7 Å². The number of carbonyl (C=O) groups excluding carboxylic acids is 1. The van der Waals surface area contributed by atoms with Gasteiger partial charge in [0.2, 0.25) is 0 Å². The topological polar surface area (TPSA) is 80.0 Å². The maximum absolute atomic E-state index is 12.2. The van der Waals surface area contributed by atoms with Crippen LogP contribution in [0.2, 0.25) is 0 Å². The zero-order valence-electron chi connectivity index (χ0n) is 10.9. The fourth-order valence-corrected chi connectivity index (χ4v) is 1.78. The highest BCUT2D eigenvalue weighted by Crippen LogP contribution is 2.20. The summed E-state index contributed by atoms with van der Waals surface area (Å²) in [6, 6.07) is 7.43. The van der Waals surface area contributed by atoms with Crippen molar-refractivity contribution in [3.05, 3.63) is 53.3 Å². The highest BCUT2D eigenvalue weighted by Gasteiger charge is 2.12. The fraction of sp³-hybridized carbons (Fsp3) is 0.143. The summed E-state index contributed by atoms with van der Waals surface area (Å²) in [5.41, 5.74) is 6.39. The molecule has 0 saturated carbocycles. The lowest BCUT2D eigenvalue weighted by Gasteiger charge is -2.12. The Morgan fingerprint density at radius 3 is 2.74 bits per heavy atom. The van der Waals surface area contributed by atoms with E-state index in [0.29, 0.717) is 11.3 Å². The van der Waals surface area contributed by atoms with Crippen molar-refractivity contribution in [1.82, 2.24) is 4.98 Å². The molecule has 4 N–H and O–H groups in total. The molecule has 0 fully saturated rings. The van der Waals surface area contributed by atoms with Crippen LogP contribution in [0.5, 0.6) is 0 Å². The minimum absolute atomic E-state index is 0.241. The Bertz CT molecular complexity index is 610. The quantitative estimate of drug-likeness (QED) is 0.581. The van der Waals surface area contributed by atoms with Crippen molar-refractivity contribution in [3.8, 4) is 0 Å². The average Bonchev–Trinajstić information content (AvgIpc) is 2.43. The van der Waals surface area contributed by atoms with Gasteiger partial charge in [0.1, 0.15) is 0 Å². The molecule has 0 aliphatic carbocycles. The first kappa shape index (κ1) is 13.0. The highest BCUT2D eigenvalue weighted by atomic mass is 16.1. The standard InChI is InChI=1S/C14H16N4O/c1-9-4-3-5-12(10(9)2)17-14(19)11-8-16-7-6-13(11)18-15/h3-8H,15H2,1-2H3,(H,16,18)(H,17,19). The summed E-state index contributed by atoms with van der Waals surface area (Å²) >= 11 is 0. The van der Waals surface area contributed by atoms with Crippen molar-refractivity contribution < 1.29 is 4.79 Å². The second-order valence-corrected chi connectivity index (χ2v) is 4.27. The van der Waals surface area contributed by atoms with E-state index in [1.807, 2.05) is 32.0 Å². The van der Waals surface area contributed by atoms with Crippen LogP contribution in [0.25, 0.3) is 0 Å². The van der Waals surface area contributed by atoms with Crippen molar-refractivity contribution in [2.45, 2.75) is 13.8 Å². The Morgan fingerprint density at radius 1 is 1.21 bits per heavy atom. The highest BCUT2D eigenvalue weighted by molar-refractivity contribution is 6.08. The van der Waals surface area contributed by atoms with Gasteiger partial charge in [-0.25, -0.2) is 0 Å². The van der Waals surface area contributed by atoms with Gasteiger partial charge < -0.3 is 10.7 Å². The van der Waals surface area contributed by atoms with E-state index in [9.17, 15) is 4.79 Å². The predicted molar refractivity (Wildman–Crippen MR) is 75.9 cm³/mol. The molecule has 5 heteroatoms. The van der Waals surface area contributed by atoms with E-state index in [4.69, 9.17) is 5.84 Å². The Balaban J connectivity index is 2.28. The zero-order chi connectivity index (χ0) is 13.8. The summed E-state index contributed by atoms with van der Waals surface area (Å²) in [5.74, 6) is 5.14. The Morgan fingerprint density at radius 2 is 2.00 bits per heavy atom. The molecule has 1 aromatic heterocycles. The van der Waals surface area contributed by atoms with Gasteiger partial charge in [0.15, 0.2) is 0 Å². The maximum atomic E-state index is 12.2. The molecule has 1 aromatic carbocycles. The zero-order valence-corrected chi connectivity index (χ0v) is 10.9. The van der Waals surface area contributed by atoms with Gasteiger partial charge in [-0.1, -0.05) is 12.1 Å². The molecule has 0 aliphatic rings. The van der Waals surface area contributed by atoms with Crippen LogP contribution >= 0.6 is 0 Å². The van der Waals surface area contributed by atoms with Gasteiger partial charge in [-0.05, 0) is 37.1 Å². The number of rotatable bonds is 3. The summed E-state index contributed by atoms with van der Waals surface area (Å²) in [7, 11) is 0. The number of nitrogens with one attached hydrogen (secondary N) is 2. The molecule has 0 aliphatic heterocycles. The molecule has 1 amide bonds. The second-order valence-electron chi connectivity index (χ2n) is 4.27. The normalized spacial score (nSPS) is 10.1. The smallest absolute Gasteiger partial charge is 0.259 e. The summed E-state index contributed by atoms with van der Waals surface area (Å²) in [4.78, 5) is 16.2. The number of benzene rings is 1. The molecule has 19 heavy (non-hydrogen) atoms. The monoisotopic (exact) mass is 256 g/mol. The van der Waals surface area contributed by atoms with Crippen LogP contribution in [-0.4, -0.2) is 10.9 Å². The number of hydrazine groups is 1. The van der Waals surface area contributed by atoms with Gasteiger partial charge in [0, 0.05) is 18.1 Å². The van der Waals surface area contributed by atoms with Crippen LogP contribution in [0.3, 0.4) is 0 Å². The van der Waals surface area contributed by atoms with E-state index in [-0.39, 0.29) is 5.91 Å². The van der Waals surface area contributed by atoms with Crippen LogP contribution in [0, 0.1) is 13.8 Å². The lowest BCUT2D eigenvalue weighted by molar-refractivity contribution is 0.102. The number of aromatic nitrogens is 1. The summed E-state index contributed by atoms with van der Waals surface area (Å²) in [5, 5.41) is 2.87. The minimum atomic E-state index is -0.241. The van der Waals surface area contributed by atoms with E-state index in [0.717, 1.165) is 16.8 Å². The SMILES string of the molecule is Cc1cccc(NC(=O)c2cnccc2NN)c1C. The van der Waals surface area contributed by atoms with Gasteiger partial charge in [0.25, 0.3) is 5.91 Å². The number of anilines is 2. The van der Waals surface area contributed by atoms with Crippen LogP contribution < -0.4 is 16.6 Å². The summed E-state index contributed by atoms with van der Waals surface area (Å²) in [6.07, 6.45) is 3.06. The van der Waals surface area contributed by atoms with Crippen molar-refractivity contribution in [3.63, 3.8) is 0 Å². The number of amides is 1. The summed E-state index contributed by atoms with van der Waals surface area (Å²) < 4.78 is 0. The van der Waals surface area contributed by atoms with E-state index >= 15 is 0 Å². The molecule has 0 radical (unpaired) electrons. The third-order valence-corrected chi connectivity index (χ3v) is 3.07. The number of aryl methyl sites for hydroxylation is 1. The molecule has 0 spiro atoms. The molecule has 0 atom stereocenters. The molecule has 1 heterocycles. The first-order valence-electron chi connectivity index (χ1n) is 5.91. The molecular weight excluding hydrogens is 240 g/mol. The van der Waals surface area contributed by atoms with Crippen molar-refractivity contribution >= 4 is 17.3 Å². The predicted octanol–water partition coefficient (Wildman–Crippen LogP) is 2.24. The molecule has 0 saturated heterocycles. The molecule has 0 bridgehead atoms. The number of carbonyl (C=O) groups is 1. The van der Waals surface area contributed by atoms with E-state index in [1.54, 1.807) is 12.3 Å². The third-order valence-electron chi connectivity index (χ3n) is 3.07. The third kappa shape index (κ3) is 2.71. The number of pyridine rings is 1. The van der Waals surface area contributed by atoms with Crippen LogP contribution in [0.4, 0.5) is 11.4 Å². The van der Waals surface area contributed by atoms with Crippen molar-refractivity contribution in [1.29, 1.82) is 0 Å². The Labute approximate surface area is 111 Å². The lowest BCUT2D eigenvalue weighted by atomic mass is 10.1. The van der Waals surface area contributed by atoms with Crippen molar-refractivity contribution in [2.75, 3.05) is 10.7 Å². The fourth-order valence-electron chi connectivity index (χ4n) is 1.78. The number of nitrogens with two attached hydrogens (primary N) is 1. The van der Waals surface area contributed by atoms with Crippen LogP contribution in [-0.2, 0) is 0 Å². The Hall–Kier alpha value is -2.40. The first-order valence-corrected chi connectivity index (χ1v) is 5.91. The number of nitrogens with zero attached hydrogens (tertiary/aromatic N) is 1. The van der Waals surface area contributed by atoms with Gasteiger partial charge in [0.05, 0.1) is 11.3 Å². The number of hydrogen-bond acceptors (Lipinski definition) is 4. The first-order chi connectivity index (χ1) is 9.13. The molecule has 5 nitrogen and oxygen atoms in total. The van der Waals surface area contributed by atoms with E-state index in [1.165, 1.54) is 6.20 Å². The Kier molecular flexibility index (Phi) is 3.77. The summed E-state index contributed by atoms with van der Waals surface area (Å²) in [6.45, 7) is 3.97. The van der Waals surface area contributed by atoms with E-state index in [2.05, 4.69) is 15.7 Å². The van der Waals surface area contributed by atoms with Crippen LogP contribution in [0.1, 0.15) is 21.5 Å². The number of hydrogen-bond donors (Lipinski definition) is 3. The van der Waals surface area contributed by atoms with E-state index < -0.39 is 0 Å². The second kappa shape index (κ2) is 5.49. The molecule has 2 rings (SSSR count). The molecular formula is C14H16N4O. The average molecular weight is 256 g/mol. The molecule has 0 unspecified atom stereocenters. The van der Waals surface area contributed by atoms with Gasteiger partial charge in [-0.3, -0.25) is 15.6 Å². The van der Waals surface area contributed by atoms with Gasteiger partial charge in [-0.15, -0.1) is 0 Å². The molecule has 2 aromatic rings. The largest absolute Gasteiger partial charge is 0.323 e. The van der Waals surface area contributed by atoms with Gasteiger partial charge >= 0.3 is 0 Å². The number of nitrogen functional groups attached to an aromatic ring is 1. The molecule has 98 valence electrons.